The van der Waals surface area contributed by atoms with E-state index in [4.69, 9.17) is 0 Å². The first-order valence-electron chi connectivity index (χ1n) is 8.21. The molecule has 6 nitrogen and oxygen atoms in total. The van der Waals surface area contributed by atoms with Gasteiger partial charge in [0, 0.05) is 49.6 Å². The minimum atomic E-state index is -0.370. The molecule has 0 aliphatic carbocycles. The Bertz CT molecular complexity index is 797. The lowest BCUT2D eigenvalue weighted by Gasteiger charge is -2.23. The van der Waals surface area contributed by atoms with E-state index in [1.165, 1.54) is 22.9 Å². The number of thiophene rings is 1. The van der Waals surface area contributed by atoms with Gasteiger partial charge < -0.3 is 4.90 Å². The molecule has 138 valence electrons. The fraction of sp³-hybridized carbons (Fsp3) is 0.529. The molecule has 2 aromatic heterocycles. The van der Waals surface area contributed by atoms with Crippen molar-refractivity contribution < 1.29 is 0 Å². The third-order valence-electron chi connectivity index (χ3n) is 4.62. The Morgan fingerprint density at radius 1 is 1.36 bits per heavy atom. The summed E-state index contributed by atoms with van der Waals surface area (Å²) in [6, 6.07) is 5.88. The van der Waals surface area contributed by atoms with Gasteiger partial charge in [-0.3, -0.25) is 19.2 Å². The summed E-state index contributed by atoms with van der Waals surface area (Å²) in [6.45, 7) is 6.14. The Balaban J connectivity index is 0.00000225. The fourth-order valence-electron chi connectivity index (χ4n) is 3.23. The molecule has 2 aromatic rings. The van der Waals surface area contributed by atoms with Crippen LogP contribution in [-0.2, 0) is 13.6 Å². The van der Waals surface area contributed by atoms with E-state index in [1.807, 2.05) is 23.3 Å². The van der Waals surface area contributed by atoms with Crippen molar-refractivity contribution >= 4 is 29.6 Å². The number of halogens is 1. The number of H-pyrrole nitrogens is 1. The molecule has 8 heteroatoms. The van der Waals surface area contributed by atoms with Crippen LogP contribution in [0.1, 0.15) is 16.2 Å². The maximum absolute atomic E-state index is 11.8. The summed E-state index contributed by atoms with van der Waals surface area (Å²) in [6.07, 6.45) is 1.14. The van der Waals surface area contributed by atoms with Gasteiger partial charge in [-0.25, -0.2) is 4.79 Å². The van der Waals surface area contributed by atoms with Gasteiger partial charge in [0.2, 0.25) is 0 Å². The van der Waals surface area contributed by atoms with Crippen LogP contribution in [-0.4, -0.2) is 41.1 Å². The highest BCUT2D eigenvalue weighted by molar-refractivity contribution is 7.11. The monoisotopic (exact) mass is 384 g/mol. The van der Waals surface area contributed by atoms with Gasteiger partial charge in [0.1, 0.15) is 5.82 Å². The third-order valence-corrected chi connectivity index (χ3v) is 5.60. The first-order valence-corrected chi connectivity index (χ1v) is 9.03. The number of aryl methyl sites for hydroxylation is 1. The number of aromatic amines is 1. The fourth-order valence-corrected chi connectivity index (χ4v) is 4.16. The van der Waals surface area contributed by atoms with Crippen LogP contribution in [0.2, 0.25) is 0 Å². The summed E-state index contributed by atoms with van der Waals surface area (Å²) in [5, 5.41) is 0. The van der Waals surface area contributed by atoms with Gasteiger partial charge in [0.05, 0.1) is 0 Å². The summed E-state index contributed by atoms with van der Waals surface area (Å²) in [7, 11) is 3.40. The van der Waals surface area contributed by atoms with E-state index in [0.29, 0.717) is 11.7 Å². The molecule has 0 saturated carbocycles. The highest BCUT2D eigenvalue weighted by Crippen LogP contribution is 2.23. The lowest BCUT2D eigenvalue weighted by molar-refractivity contribution is 0.320. The van der Waals surface area contributed by atoms with Crippen LogP contribution >= 0.6 is 23.7 Å². The summed E-state index contributed by atoms with van der Waals surface area (Å²) < 4.78 is 1.08. The van der Waals surface area contributed by atoms with Crippen molar-refractivity contribution in [1.82, 2.24) is 14.5 Å². The molecule has 1 N–H and O–H groups in total. The van der Waals surface area contributed by atoms with E-state index in [1.54, 1.807) is 0 Å². The normalized spacial score (nSPS) is 17.5. The molecule has 1 unspecified atom stereocenters. The van der Waals surface area contributed by atoms with E-state index in [9.17, 15) is 9.59 Å². The number of aromatic nitrogens is 2. The summed E-state index contributed by atoms with van der Waals surface area (Å²) in [4.78, 5) is 33.5. The number of hydrogen-bond donors (Lipinski definition) is 1. The first kappa shape index (κ1) is 19.8. The second-order valence-corrected chi connectivity index (χ2v) is 8.01. The largest absolute Gasteiger partial charge is 0.361 e. The Hall–Kier alpha value is -1.57. The molecule has 1 fully saturated rings. The van der Waals surface area contributed by atoms with Crippen LogP contribution in [0.5, 0.6) is 0 Å². The number of likely N-dealkylation sites (tertiary alicyclic amines) is 1. The number of nitrogens with zero attached hydrogens (tertiary/aromatic N) is 3. The molecule has 0 radical (unpaired) electrons. The average molecular weight is 385 g/mol. The van der Waals surface area contributed by atoms with Crippen molar-refractivity contribution in [2.75, 3.05) is 31.6 Å². The molecule has 1 saturated heterocycles. The molecule has 3 heterocycles. The van der Waals surface area contributed by atoms with Gasteiger partial charge in [-0.15, -0.1) is 23.7 Å². The van der Waals surface area contributed by atoms with Crippen LogP contribution in [0.15, 0.2) is 27.8 Å². The van der Waals surface area contributed by atoms with E-state index in [2.05, 4.69) is 28.9 Å². The highest BCUT2D eigenvalue weighted by Gasteiger charge is 2.24. The van der Waals surface area contributed by atoms with Gasteiger partial charge in [0.25, 0.3) is 5.56 Å². The number of nitrogens with one attached hydrogen (secondary N) is 1. The predicted molar refractivity (Wildman–Crippen MR) is 105 cm³/mol. The zero-order chi connectivity index (χ0) is 17.3. The second kappa shape index (κ2) is 8.21. The Morgan fingerprint density at radius 2 is 2.12 bits per heavy atom. The summed E-state index contributed by atoms with van der Waals surface area (Å²) in [5.74, 6) is 1.14. The molecule has 1 aliphatic rings. The molecule has 0 amide bonds. The minimum Gasteiger partial charge on any atom is -0.361 e. The van der Waals surface area contributed by atoms with E-state index < -0.39 is 0 Å². The molecule has 25 heavy (non-hydrogen) atoms. The zero-order valence-electron chi connectivity index (χ0n) is 14.8. The van der Waals surface area contributed by atoms with Crippen molar-refractivity contribution in [3.63, 3.8) is 0 Å². The highest BCUT2D eigenvalue weighted by atomic mass is 35.5. The average Bonchev–Trinajstić information content (AvgIpc) is 3.13. The van der Waals surface area contributed by atoms with Crippen molar-refractivity contribution in [3.05, 3.63) is 48.8 Å². The quantitative estimate of drug-likeness (QED) is 0.854. The van der Waals surface area contributed by atoms with E-state index in [0.717, 1.165) is 37.2 Å². The lowest BCUT2D eigenvalue weighted by Crippen LogP contribution is -2.36. The SMILES string of the molecule is Cc1ccc(CN2CCC(CN(C)c3cc(=O)n(C)c(=O)[nH]3)C2)s1.Cl. The molecule has 3 rings (SSSR count). The van der Waals surface area contributed by atoms with Crippen LogP contribution in [0.4, 0.5) is 5.82 Å². The molecule has 0 bridgehead atoms. The molecular formula is C17H25ClN4O2S. The van der Waals surface area contributed by atoms with Crippen LogP contribution in [0.3, 0.4) is 0 Å². The Morgan fingerprint density at radius 3 is 2.76 bits per heavy atom. The maximum Gasteiger partial charge on any atom is 0.329 e. The van der Waals surface area contributed by atoms with E-state index in [-0.39, 0.29) is 23.7 Å². The Kier molecular flexibility index (Phi) is 6.48. The van der Waals surface area contributed by atoms with Crippen molar-refractivity contribution in [3.8, 4) is 0 Å². The van der Waals surface area contributed by atoms with Crippen molar-refractivity contribution in [2.45, 2.75) is 19.9 Å². The molecule has 1 aliphatic heterocycles. The topological polar surface area (TPSA) is 61.3 Å². The zero-order valence-corrected chi connectivity index (χ0v) is 16.5. The molecule has 0 spiro atoms. The standard InChI is InChI=1S/C17H24N4O2S.ClH/c1-12-4-5-14(24-12)11-21-7-6-13(10-21)9-19(2)15-8-16(22)20(3)17(23)18-15;/h4-5,8,13H,6-7,9-11H2,1-3H3,(H,18,23);1H. The number of anilines is 1. The lowest BCUT2D eigenvalue weighted by atomic mass is 10.1. The van der Waals surface area contributed by atoms with Gasteiger partial charge in [-0.2, -0.15) is 0 Å². The summed E-state index contributed by atoms with van der Waals surface area (Å²) >= 11 is 1.86. The minimum absolute atomic E-state index is 0. The van der Waals surface area contributed by atoms with Gasteiger partial charge in [-0.1, -0.05) is 0 Å². The van der Waals surface area contributed by atoms with Crippen molar-refractivity contribution in [2.24, 2.45) is 13.0 Å². The van der Waals surface area contributed by atoms with Crippen LogP contribution in [0, 0.1) is 12.8 Å². The number of rotatable bonds is 5. The summed E-state index contributed by atoms with van der Waals surface area (Å²) in [5.41, 5.74) is -0.646. The van der Waals surface area contributed by atoms with E-state index >= 15 is 0 Å². The molecule has 0 aromatic carbocycles. The van der Waals surface area contributed by atoms with Gasteiger partial charge in [0.15, 0.2) is 0 Å². The molecular weight excluding hydrogens is 360 g/mol. The van der Waals surface area contributed by atoms with Crippen molar-refractivity contribution in [1.29, 1.82) is 0 Å². The second-order valence-electron chi connectivity index (χ2n) is 6.64. The van der Waals surface area contributed by atoms with Crippen LogP contribution < -0.4 is 16.1 Å². The number of hydrogen-bond acceptors (Lipinski definition) is 5. The predicted octanol–water partition coefficient (Wildman–Crippen LogP) is 1.82. The van der Waals surface area contributed by atoms with Gasteiger partial charge >= 0.3 is 5.69 Å². The Labute approximate surface area is 157 Å². The molecule has 1 atom stereocenters. The third kappa shape index (κ3) is 4.74. The van der Waals surface area contributed by atoms with Crippen LogP contribution in [0.25, 0.3) is 0 Å². The first-order chi connectivity index (χ1) is 11.4. The maximum atomic E-state index is 11.8. The van der Waals surface area contributed by atoms with Gasteiger partial charge in [-0.05, 0) is 37.9 Å². The smallest absolute Gasteiger partial charge is 0.329 e.